The summed E-state index contributed by atoms with van der Waals surface area (Å²) in [6, 6.07) is 12.3. The van der Waals surface area contributed by atoms with E-state index in [0.717, 1.165) is 38.5 Å². The molecule has 9 heteroatoms. The van der Waals surface area contributed by atoms with E-state index >= 15 is 0 Å². The standard InChI is InChI=1S/C20H26N4O4S/c1-15-2-4-17(5-3-15)14-23-10-8-16(9-11-23)13-22-19-7-6-18(24(25)26)12-20(19)29(21,27)28/h2-7,12,16,22H,8-11,13-14H2,1H3,(H2,21,27,28). The molecule has 3 N–H and O–H groups in total. The van der Waals surface area contributed by atoms with E-state index in [0.29, 0.717) is 18.2 Å². The molecule has 0 amide bonds. The number of nitrogens with one attached hydrogen (secondary N) is 1. The lowest BCUT2D eigenvalue weighted by Gasteiger charge is -2.32. The molecule has 8 nitrogen and oxygen atoms in total. The summed E-state index contributed by atoms with van der Waals surface area (Å²) in [4.78, 5) is 12.5. The van der Waals surface area contributed by atoms with Crippen molar-refractivity contribution in [2.45, 2.75) is 31.2 Å². The SMILES string of the molecule is Cc1ccc(CN2CCC(CNc3ccc([N+](=O)[O-])cc3S(N)(=O)=O)CC2)cc1. The number of hydrogen-bond donors (Lipinski definition) is 2. The molecule has 29 heavy (non-hydrogen) atoms. The molecule has 0 spiro atoms. The first-order valence-electron chi connectivity index (χ1n) is 9.55. The normalized spacial score (nSPS) is 15.9. The maximum Gasteiger partial charge on any atom is 0.270 e. The van der Waals surface area contributed by atoms with Crippen molar-refractivity contribution in [3.05, 3.63) is 63.7 Å². The van der Waals surface area contributed by atoms with Crippen LogP contribution in [-0.4, -0.2) is 37.9 Å². The van der Waals surface area contributed by atoms with E-state index < -0.39 is 14.9 Å². The number of nitro groups is 1. The lowest BCUT2D eigenvalue weighted by Crippen LogP contribution is -2.35. The van der Waals surface area contributed by atoms with Gasteiger partial charge >= 0.3 is 0 Å². The number of likely N-dealkylation sites (tertiary alicyclic amines) is 1. The van der Waals surface area contributed by atoms with E-state index in [4.69, 9.17) is 5.14 Å². The highest BCUT2D eigenvalue weighted by Crippen LogP contribution is 2.27. The second-order valence-electron chi connectivity index (χ2n) is 7.57. The molecule has 2 aromatic carbocycles. The lowest BCUT2D eigenvalue weighted by molar-refractivity contribution is -0.385. The average Bonchev–Trinajstić information content (AvgIpc) is 2.68. The summed E-state index contributed by atoms with van der Waals surface area (Å²) >= 11 is 0. The molecule has 0 saturated carbocycles. The zero-order chi connectivity index (χ0) is 21.0. The number of non-ortho nitro benzene ring substituents is 1. The fourth-order valence-electron chi connectivity index (χ4n) is 3.56. The van der Waals surface area contributed by atoms with Crippen LogP contribution in [-0.2, 0) is 16.6 Å². The van der Waals surface area contributed by atoms with Crippen molar-refractivity contribution in [2.75, 3.05) is 25.0 Å². The first-order chi connectivity index (χ1) is 13.7. The Labute approximate surface area is 170 Å². The van der Waals surface area contributed by atoms with E-state index in [9.17, 15) is 18.5 Å². The second-order valence-corrected chi connectivity index (χ2v) is 9.10. The summed E-state index contributed by atoms with van der Waals surface area (Å²) in [7, 11) is -4.06. The molecule has 1 aliphatic rings. The first kappa shape index (κ1) is 21.2. The molecule has 1 heterocycles. The van der Waals surface area contributed by atoms with Crippen molar-refractivity contribution in [1.29, 1.82) is 0 Å². The Balaban J connectivity index is 1.56. The second kappa shape index (κ2) is 8.89. The Kier molecular flexibility index (Phi) is 6.51. The van der Waals surface area contributed by atoms with Gasteiger partial charge in [0.2, 0.25) is 10.0 Å². The van der Waals surface area contributed by atoms with E-state index in [-0.39, 0.29) is 10.6 Å². The van der Waals surface area contributed by atoms with Gasteiger partial charge in [-0.2, -0.15) is 0 Å². The van der Waals surface area contributed by atoms with Crippen LogP contribution in [0.5, 0.6) is 0 Å². The van der Waals surface area contributed by atoms with Crippen LogP contribution in [0.1, 0.15) is 24.0 Å². The maximum atomic E-state index is 11.8. The third-order valence-electron chi connectivity index (χ3n) is 5.30. The van der Waals surface area contributed by atoms with E-state index in [1.807, 2.05) is 0 Å². The van der Waals surface area contributed by atoms with Gasteiger partial charge in [0.15, 0.2) is 0 Å². The Morgan fingerprint density at radius 1 is 1.17 bits per heavy atom. The van der Waals surface area contributed by atoms with Crippen LogP contribution in [0, 0.1) is 23.0 Å². The van der Waals surface area contributed by atoms with E-state index in [1.54, 1.807) is 0 Å². The summed E-state index contributed by atoms with van der Waals surface area (Å²) in [5.74, 6) is 0.396. The molecule has 3 rings (SSSR count). The number of sulfonamides is 1. The van der Waals surface area contributed by atoms with Crippen LogP contribution >= 0.6 is 0 Å². The molecule has 2 aromatic rings. The van der Waals surface area contributed by atoms with Crippen LogP contribution in [0.25, 0.3) is 0 Å². The number of rotatable bonds is 7. The summed E-state index contributed by atoms with van der Waals surface area (Å²) in [5.41, 5.74) is 2.56. The predicted molar refractivity (Wildman–Crippen MR) is 112 cm³/mol. The Hall–Kier alpha value is -2.49. The van der Waals surface area contributed by atoms with Gasteiger partial charge in [-0.05, 0) is 50.4 Å². The van der Waals surface area contributed by atoms with Crippen LogP contribution in [0.15, 0.2) is 47.4 Å². The molecule has 1 aliphatic heterocycles. The molecule has 0 aliphatic carbocycles. The third kappa shape index (κ3) is 5.75. The lowest BCUT2D eigenvalue weighted by atomic mass is 9.96. The number of piperidine rings is 1. The van der Waals surface area contributed by atoms with Gasteiger partial charge < -0.3 is 5.32 Å². The first-order valence-corrected chi connectivity index (χ1v) is 11.1. The number of nitrogens with two attached hydrogens (primary N) is 1. The quantitative estimate of drug-likeness (QED) is 0.527. The zero-order valence-electron chi connectivity index (χ0n) is 16.4. The highest BCUT2D eigenvalue weighted by molar-refractivity contribution is 7.89. The molecule has 0 bridgehead atoms. The summed E-state index contributed by atoms with van der Waals surface area (Å²) in [5, 5.41) is 19.3. The fourth-order valence-corrected chi connectivity index (χ4v) is 4.29. The molecule has 0 atom stereocenters. The summed E-state index contributed by atoms with van der Waals surface area (Å²) in [6.45, 7) is 5.55. The largest absolute Gasteiger partial charge is 0.384 e. The third-order valence-corrected chi connectivity index (χ3v) is 6.25. The monoisotopic (exact) mass is 418 g/mol. The molecule has 156 valence electrons. The minimum absolute atomic E-state index is 0.247. The van der Waals surface area contributed by atoms with Crippen LogP contribution in [0.3, 0.4) is 0 Å². The number of nitro benzene ring substituents is 1. The molecule has 1 saturated heterocycles. The van der Waals surface area contributed by atoms with Crippen molar-refractivity contribution in [3.8, 4) is 0 Å². The number of nitrogens with zero attached hydrogens (tertiary/aromatic N) is 2. The predicted octanol–water partition coefficient (Wildman–Crippen LogP) is 2.87. The van der Waals surface area contributed by atoms with E-state index in [1.165, 1.54) is 23.3 Å². The van der Waals surface area contributed by atoms with Gasteiger partial charge in [-0.15, -0.1) is 0 Å². The molecule has 0 unspecified atom stereocenters. The Bertz CT molecular complexity index is 968. The summed E-state index contributed by atoms with van der Waals surface area (Å²) < 4.78 is 23.7. The number of benzene rings is 2. The van der Waals surface area contributed by atoms with Gasteiger partial charge in [0.05, 0.1) is 10.6 Å². The molecule has 0 aromatic heterocycles. The van der Waals surface area contributed by atoms with Crippen LogP contribution in [0.2, 0.25) is 0 Å². The van der Waals surface area contributed by atoms with Crippen molar-refractivity contribution < 1.29 is 13.3 Å². The molecular weight excluding hydrogens is 392 g/mol. The van der Waals surface area contributed by atoms with Crippen molar-refractivity contribution >= 4 is 21.4 Å². The van der Waals surface area contributed by atoms with Gasteiger partial charge in [-0.3, -0.25) is 15.0 Å². The van der Waals surface area contributed by atoms with E-state index in [2.05, 4.69) is 41.4 Å². The average molecular weight is 419 g/mol. The maximum absolute atomic E-state index is 11.8. The van der Waals surface area contributed by atoms with Gasteiger partial charge in [0.1, 0.15) is 4.90 Å². The minimum Gasteiger partial charge on any atom is -0.384 e. The molecule has 0 radical (unpaired) electrons. The minimum atomic E-state index is -4.06. The molecule has 1 fully saturated rings. The topological polar surface area (TPSA) is 119 Å². The van der Waals surface area contributed by atoms with Gasteiger partial charge in [0, 0.05) is 25.2 Å². The van der Waals surface area contributed by atoms with Crippen molar-refractivity contribution in [1.82, 2.24) is 4.90 Å². The van der Waals surface area contributed by atoms with Gasteiger partial charge in [0.25, 0.3) is 5.69 Å². The van der Waals surface area contributed by atoms with Crippen molar-refractivity contribution in [3.63, 3.8) is 0 Å². The number of aryl methyl sites for hydroxylation is 1. The number of anilines is 1. The fraction of sp³-hybridized carbons (Fsp3) is 0.400. The Morgan fingerprint density at radius 2 is 1.83 bits per heavy atom. The van der Waals surface area contributed by atoms with Gasteiger partial charge in [-0.25, -0.2) is 13.6 Å². The number of hydrogen-bond acceptors (Lipinski definition) is 6. The smallest absolute Gasteiger partial charge is 0.270 e. The van der Waals surface area contributed by atoms with Gasteiger partial charge in [-0.1, -0.05) is 29.8 Å². The highest BCUT2D eigenvalue weighted by Gasteiger charge is 2.22. The van der Waals surface area contributed by atoms with Crippen molar-refractivity contribution in [2.24, 2.45) is 11.1 Å². The Morgan fingerprint density at radius 3 is 2.41 bits per heavy atom. The zero-order valence-corrected chi connectivity index (χ0v) is 17.2. The highest BCUT2D eigenvalue weighted by atomic mass is 32.2. The van der Waals surface area contributed by atoms with Crippen LogP contribution < -0.4 is 10.5 Å². The number of primary sulfonamides is 1. The summed E-state index contributed by atoms with van der Waals surface area (Å²) in [6.07, 6.45) is 1.99. The van der Waals surface area contributed by atoms with Crippen LogP contribution in [0.4, 0.5) is 11.4 Å². The molecular formula is C20H26N4O4S.